The third-order valence-corrected chi connectivity index (χ3v) is 3.38. The molecule has 0 amide bonds. The van der Waals surface area contributed by atoms with E-state index < -0.39 is 11.6 Å². The van der Waals surface area contributed by atoms with Crippen LogP contribution < -0.4 is 10.6 Å². The molecule has 0 unspecified atom stereocenters. The molecule has 7 heteroatoms. The summed E-state index contributed by atoms with van der Waals surface area (Å²) >= 11 is 2.94. The van der Waals surface area contributed by atoms with E-state index in [1.807, 2.05) is 6.92 Å². The maximum atomic E-state index is 13.8. The number of rotatable bonds is 5. The Kier molecular flexibility index (Phi) is 5.06. The monoisotopic (exact) mass is 356 g/mol. The Balaban J connectivity index is 2.34. The molecule has 0 saturated heterocycles. The van der Waals surface area contributed by atoms with Crippen molar-refractivity contribution in [2.75, 3.05) is 17.7 Å². The Labute approximate surface area is 130 Å². The third-order valence-electron chi connectivity index (χ3n) is 2.77. The van der Waals surface area contributed by atoms with Crippen molar-refractivity contribution in [1.29, 1.82) is 0 Å². The molecule has 1 heterocycles. The predicted molar refractivity (Wildman–Crippen MR) is 82.9 cm³/mol. The van der Waals surface area contributed by atoms with Gasteiger partial charge in [0.15, 0.2) is 0 Å². The second-order valence-electron chi connectivity index (χ2n) is 4.43. The van der Waals surface area contributed by atoms with Gasteiger partial charge in [0.25, 0.3) is 0 Å². The van der Waals surface area contributed by atoms with Gasteiger partial charge in [0.05, 0.1) is 10.2 Å². The van der Waals surface area contributed by atoms with Crippen molar-refractivity contribution < 1.29 is 8.78 Å². The van der Waals surface area contributed by atoms with E-state index in [4.69, 9.17) is 0 Å². The van der Waals surface area contributed by atoms with E-state index >= 15 is 0 Å². The number of anilines is 3. The van der Waals surface area contributed by atoms with Crippen LogP contribution in [0.1, 0.15) is 19.2 Å². The molecule has 1 aromatic carbocycles. The van der Waals surface area contributed by atoms with Gasteiger partial charge < -0.3 is 10.6 Å². The van der Waals surface area contributed by atoms with Crippen LogP contribution in [-0.2, 0) is 6.42 Å². The van der Waals surface area contributed by atoms with Crippen LogP contribution in [0.25, 0.3) is 0 Å². The minimum Gasteiger partial charge on any atom is -0.373 e. The highest BCUT2D eigenvalue weighted by Gasteiger charge is 2.10. The van der Waals surface area contributed by atoms with E-state index in [1.54, 1.807) is 13.1 Å². The van der Waals surface area contributed by atoms with Crippen LogP contribution in [0, 0.1) is 11.6 Å². The molecule has 0 saturated carbocycles. The second kappa shape index (κ2) is 6.80. The summed E-state index contributed by atoms with van der Waals surface area (Å²) in [6.45, 7) is 2.02. The minimum absolute atomic E-state index is 0.0268. The molecule has 0 aliphatic heterocycles. The fourth-order valence-electron chi connectivity index (χ4n) is 1.78. The summed E-state index contributed by atoms with van der Waals surface area (Å²) in [5, 5.41) is 5.71. The van der Waals surface area contributed by atoms with Crippen molar-refractivity contribution in [1.82, 2.24) is 9.97 Å². The molecular weight excluding hydrogens is 342 g/mol. The lowest BCUT2D eigenvalue weighted by atomic mass is 10.3. The van der Waals surface area contributed by atoms with Gasteiger partial charge in [-0.2, -0.15) is 0 Å². The zero-order valence-electron chi connectivity index (χ0n) is 11.7. The maximum Gasteiger partial charge on any atom is 0.148 e. The number of aromatic nitrogens is 2. The van der Waals surface area contributed by atoms with Gasteiger partial charge in [-0.1, -0.05) is 6.92 Å². The molecule has 2 N–H and O–H groups in total. The average Bonchev–Trinajstić information content (AvgIpc) is 2.45. The number of aryl methyl sites for hydroxylation is 1. The van der Waals surface area contributed by atoms with Crippen LogP contribution in [-0.4, -0.2) is 17.0 Å². The highest BCUT2D eigenvalue weighted by Crippen LogP contribution is 2.26. The zero-order chi connectivity index (χ0) is 15.4. The molecule has 112 valence electrons. The molecule has 2 aromatic rings. The normalized spacial score (nSPS) is 10.5. The smallest absolute Gasteiger partial charge is 0.148 e. The van der Waals surface area contributed by atoms with Crippen LogP contribution in [0.2, 0.25) is 0 Å². The molecule has 0 atom stereocenters. The van der Waals surface area contributed by atoms with Gasteiger partial charge >= 0.3 is 0 Å². The lowest BCUT2D eigenvalue weighted by molar-refractivity contribution is 0.597. The SMILES string of the molecule is CCCc1nc(NC)cc(Nc2cc(F)c(Br)cc2F)n1. The molecule has 0 bridgehead atoms. The molecule has 21 heavy (non-hydrogen) atoms. The minimum atomic E-state index is -0.565. The van der Waals surface area contributed by atoms with Crippen LogP contribution in [0.4, 0.5) is 26.1 Å². The van der Waals surface area contributed by atoms with Crippen LogP contribution in [0.15, 0.2) is 22.7 Å². The molecular formula is C14H15BrF2N4. The predicted octanol–water partition coefficient (Wildman–Crippen LogP) is 4.26. The topological polar surface area (TPSA) is 49.8 Å². The highest BCUT2D eigenvalue weighted by molar-refractivity contribution is 9.10. The van der Waals surface area contributed by atoms with Crippen molar-refractivity contribution in [2.24, 2.45) is 0 Å². The quantitative estimate of drug-likeness (QED) is 0.786. The van der Waals surface area contributed by atoms with E-state index in [1.165, 1.54) is 0 Å². The molecule has 0 aliphatic carbocycles. The number of benzene rings is 1. The lowest BCUT2D eigenvalue weighted by Crippen LogP contribution is -2.05. The number of halogens is 3. The van der Waals surface area contributed by atoms with Crippen molar-refractivity contribution in [3.8, 4) is 0 Å². The number of hydrogen-bond donors (Lipinski definition) is 2. The van der Waals surface area contributed by atoms with E-state index in [9.17, 15) is 8.78 Å². The van der Waals surface area contributed by atoms with E-state index in [-0.39, 0.29) is 10.2 Å². The van der Waals surface area contributed by atoms with Gasteiger partial charge in [-0.05, 0) is 28.4 Å². The Morgan fingerprint density at radius 3 is 2.48 bits per heavy atom. The van der Waals surface area contributed by atoms with Crippen molar-refractivity contribution in [2.45, 2.75) is 19.8 Å². The van der Waals surface area contributed by atoms with Gasteiger partial charge in [0.2, 0.25) is 0 Å². The molecule has 0 radical (unpaired) electrons. The van der Waals surface area contributed by atoms with Crippen molar-refractivity contribution in [3.63, 3.8) is 0 Å². The zero-order valence-corrected chi connectivity index (χ0v) is 13.3. The molecule has 0 spiro atoms. The Morgan fingerprint density at radius 1 is 1.10 bits per heavy atom. The summed E-state index contributed by atoms with van der Waals surface area (Å²) in [4.78, 5) is 8.60. The molecule has 0 aliphatic rings. The Bertz CT molecular complexity index is 649. The average molecular weight is 357 g/mol. The molecule has 0 fully saturated rings. The molecule has 4 nitrogen and oxygen atoms in total. The first-order chi connectivity index (χ1) is 10.0. The summed E-state index contributed by atoms with van der Waals surface area (Å²) < 4.78 is 27.4. The van der Waals surface area contributed by atoms with Gasteiger partial charge in [0.1, 0.15) is 29.1 Å². The summed E-state index contributed by atoms with van der Waals surface area (Å²) in [7, 11) is 1.74. The van der Waals surface area contributed by atoms with Crippen LogP contribution in [0.3, 0.4) is 0 Å². The third kappa shape index (κ3) is 3.87. The van der Waals surface area contributed by atoms with E-state index in [2.05, 4.69) is 36.5 Å². The van der Waals surface area contributed by atoms with Gasteiger partial charge in [-0.3, -0.25) is 0 Å². The van der Waals surface area contributed by atoms with Crippen molar-refractivity contribution in [3.05, 3.63) is 40.1 Å². The first-order valence-corrected chi connectivity index (χ1v) is 7.30. The number of nitrogens with one attached hydrogen (secondary N) is 2. The maximum absolute atomic E-state index is 13.8. The summed E-state index contributed by atoms with van der Waals surface area (Å²) in [5.74, 6) is 0.567. The highest BCUT2D eigenvalue weighted by atomic mass is 79.9. The van der Waals surface area contributed by atoms with Crippen LogP contribution in [0.5, 0.6) is 0 Å². The fourth-order valence-corrected chi connectivity index (χ4v) is 2.10. The van der Waals surface area contributed by atoms with Gasteiger partial charge in [-0.15, -0.1) is 0 Å². The first-order valence-electron chi connectivity index (χ1n) is 6.50. The molecule has 2 rings (SSSR count). The number of nitrogens with zero attached hydrogens (tertiary/aromatic N) is 2. The van der Waals surface area contributed by atoms with Crippen LogP contribution >= 0.6 is 15.9 Å². The molecule has 1 aromatic heterocycles. The largest absolute Gasteiger partial charge is 0.373 e. The van der Waals surface area contributed by atoms with Gasteiger partial charge in [0, 0.05) is 25.6 Å². The summed E-state index contributed by atoms with van der Waals surface area (Å²) in [5.41, 5.74) is 0.0268. The Hall–Kier alpha value is -1.76. The lowest BCUT2D eigenvalue weighted by Gasteiger charge is -2.11. The fraction of sp³-hybridized carbons (Fsp3) is 0.286. The Morgan fingerprint density at radius 2 is 1.81 bits per heavy atom. The second-order valence-corrected chi connectivity index (χ2v) is 5.28. The van der Waals surface area contributed by atoms with Crippen molar-refractivity contribution >= 4 is 33.3 Å². The standard InChI is InChI=1S/C14H15BrF2N4/c1-3-4-12-20-13(18-2)7-14(21-12)19-11-6-9(16)8(15)5-10(11)17/h5-7H,3-4H2,1-2H3,(H2,18,19,20,21). The van der Waals surface area contributed by atoms with Gasteiger partial charge in [-0.25, -0.2) is 18.7 Å². The van der Waals surface area contributed by atoms with E-state index in [0.717, 1.165) is 18.6 Å². The first kappa shape index (κ1) is 15.6. The summed E-state index contributed by atoms with van der Waals surface area (Å²) in [6, 6.07) is 3.80. The number of hydrogen-bond acceptors (Lipinski definition) is 4. The van der Waals surface area contributed by atoms with E-state index in [0.29, 0.717) is 23.9 Å². The summed E-state index contributed by atoms with van der Waals surface area (Å²) in [6.07, 6.45) is 1.61.